The molecule has 0 aromatic heterocycles. The van der Waals surface area contributed by atoms with Gasteiger partial charge in [-0.25, -0.2) is 0 Å². The molecule has 0 fully saturated rings. The molecular weight excluding hydrogens is 689 g/mol. The third-order valence-electron chi connectivity index (χ3n) is 10.9. The first-order valence-corrected chi connectivity index (χ1v) is 18.6. The molecule has 5 aromatic rings. The maximum atomic E-state index is 14.6. The van der Waals surface area contributed by atoms with Crippen molar-refractivity contribution >= 4 is 46.3 Å². The fourth-order valence-corrected chi connectivity index (χ4v) is 7.74. The molecule has 0 bridgehead atoms. The van der Waals surface area contributed by atoms with Crippen molar-refractivity contribution in [3.8, 4) is 11.1 Å². The smallest absolute Gasteiger partial charge is 0.255 e. The first-order valence-electron chi connectivity index (χ1n) is 18.6. The Balaban J connectivity index is 1.39. The first-order chi connectivity index (χ1) is 26.2. The third kappa shape index (κ3) is 6.62. The Hall–Kier alpha value is -6.28. The van der Waals surface area contributed by atoms with E-state index >= 15 is 0 Å². The fraction of sp³-hybridized carbons (Fsp3) is 0.234. The molecule has 0 aliphatic heterocycles. The van der Waals surface area contributed by atoms with E-state index in [1.165, 1.54) is 0 Å². The van der Waals surface area contributed by atoms with E-state index in [0.29, 0.717) is 12.0 Å². The molecule has 5 aromatic carbocycles. The monoisotopic (exact) mass is 730 g/mol. The molecule has 0 atom stereocenters. The van der Waals surface area contributed by atoms with Crippen LogP contribution in [-0.4, -0.2) is 34.9 Å². The summed E-state index contributed by atoms with van der Waals surface area (Å²) in [6.07, 6.45) is 3.50. The van der Waals surface area contributed by atoms with Crippen LogP contribution in [0.15, 0.2) is 103 Å². The van der Waals surface area contributed by atoms with E-state index in [4.69, 9.17) is 0 Å². The van der Waals surface area contributed by atoms with Gasteiger partial charge in [0.15, 0.2) is 23.1 Å². The molecule has 7 rings (SSSR count). The topological polar surface area (TPSA) is 126 Å². The molecule has 0 spiro atoms. The quantitative estimate of drug-likeness (QED) is 0.144. The predicted octanol–water partition coefficient (Wildman–Crippen LogP) is 9.73. The van der Waals surface area contributed by atoms with Gasteiger partial charge in [0.2, 0.25) is 5.91 Å². The highest BCUT2D eigenvalue weighted by Gasteiger charge is 2.39. The van der Waals surface area contributed by atoms with Crippen LogP contribution in [0.2, 0.25) is 0 Å². The minimum Gasteiger partial charge on any atom is -0.325 e. The molecule has 2 N–H and O–H groups in total. The lowest BCUT2D eigenvalue weighted by Gasteiger charge is -2.31. The van der Waals surface area contributed by atoms with Gasteiger partial charge in [-0.1, -0.05) is 120 Å². The summed E-state index contributed by atoms with van der Waals surface area (Å²) in [6, 6.07) is 27.8. The molecule has 0 heterocycles. The van der Waals surface area contributed by atoms with Gasteiger partial charge in [0.25, 0.3) is 5.91 Å². The van der Waals surface area contributed by atoms with Gasteiger partial charge in [0.1, 0.15) is 0 Å². The minimum absolute atomic E-state index is 0.00322. The van der Waals surface area contributed by atoms with Crippen molar-refractivity contribution in [1.29, 1.82) is 0 Å². The molecular formula is C47H42N2O6. The lowest BCUT2D eigenvalue weighted by molar-refractivity contribution is -0.124. The number of fused-ring (bicyclic) bond motifs is 4. The molecule has 276 valence electrons. The summed E-state index contributed by atoms with van der Waals surface area (Å²) in [4.78, 5) is 85.1. The maximum absolute atomic E-state index is 14.6. The zero-order chi connectivity index (χ0) is 39.2. The molecule has 8 heteroatoms. The third-order valence-corrected chi connectivity index (χ3v) is 10.9. The lowest BCUT2D eigenvalue weighted by Crippen LogP contribution is -2.33. The van der Waals surface area contributed by atoms with E-state index in [0.717, 1.165) is 19.3 Å². The summed E-state index contributed by atoms with van der Waals surface area (Å²) < 4.78 is 0. The Labute approximate surface area is 320 Å². The van der Waals surface area contributed by atoms with E-state index in [1.54, 1.807) is 103 Å². The Kier molecular flexibility index (Phi) is 9.55. The van der Waals surface area contributed by atoms with Gasteiger partial charge in [0, 0.05) is 44.4 Å². The first kappa shape index (κ1) is 37.1. The molecule has 2 aliphatic carbocycles. The van der Waals surface area contributed by atoms with Crippen molar-refractivity contribution in [3.63, 3.8) is 0 Å². The van der Waals surface area contributed by atoms with Gasteiger partial charge in [-0.05, 0) is 60.1 Å². The van der Waals surface area contributed by atoms with Crippen molar-refractivity contribution in [2.75, 3.05) is 10.6 Å². The summed E-state index contributed by atoms with van der Waals surface area (Å²) in [5, 5.41) is 5.82. The van der Waals surface area contributed by atoms with Crippen LogP contribution in [0.5, 0.6) is 0 Å². The van der Waals surface area contributed by atoms with Gasteiger partial charge in [-0.15, -0.1) is 0 Å². The van der Waals surface area contributed by atoms with Gasteiger partial charge >= 0.3 is 0 Å². The lowest BCUT2D eigenvalue weighted by atomic mass is 9.75. The standard InChI is InChI=1S/C47H42N2O6/c1-6-24-46(2,3)25-26-47(4,5)45(55)49-35-23-21-29(37-39(35)43(53)33-19-13-11-17-31(33)41(37)51)28-20-22-34(48-44(54)27-14-8-7-9-15-27)38-36(28)40(50)30-16-10-12-18-32(30)42(38)52/h7-23H,6,24-26H2,1-5H3,(H,48,54)(H,49,55). The molecule has 0 unspecified atom stereocenters. The molecule has 55 heavy (non-hydrogen) atoms. The van der Waals surface area contributed by atoms with Gasteiger partial charge in [0.05, 0.1) is 22.5 Å². The van der Waals surface area contributed by atoms with Crippen LogP contribution in [0.25, 0.3) is 11.1 Å². The number of hydrogen-bond donors (Lipinski definition) is 2. The van der Waals surface area contributed by atoms with Crippen molar-refractivity contribution < 1.29 is 28.8 Å². The number of anilines is 2. The van der Waals surface area contributed by atoms with Crippen LogP contribution in [-0.2, 0) is 4.79 Å². The van der Waals surface area contributed by atoms with Crippen LogP contribution >= 0.6 is 0 Å². The molecule has 2 amide bonds. The average Bonchev–Trinajstić information content (AvgIpc) is 3.18. The SMILES string of the molecule is CCCC(C)(C)CCC(C)(C)C(=O)Nc1ccc(-c2ccc(NC(=O)c3ccccc3)c3c2C(=O)c2ccccc2C3=O)c2c1C(=O)c1ccccc1C2=O. The number of ketones is 4. The summed E-state index contributed by atoms with van der Waals surface area (Å²) in [6.45, 7) is 10.3. The Morgan fingerprint density at radius 3 is 1.35 bits per heavy atom. The van der Waals surface area contributed by atoms with Crippen molar-refractivity contribution in [3.05, 3.63) is 153 Å². The van der Waals surface area contributed by atoms with E-state index in [-0.39, 0.29) is 78.3 Å². The summed E-state index contributed by atoms with van der Waals surface area (Å²) >= 11 is 0. The maximum Gasteiger partial charge on any atom is 0.255 e. The second-order valence-corrected chi connectivity index (χ2v) is 15.8. The number of nitrogens with one attached hydrogen (secondary N) is 2. The minimum atomic E-state index is -0.796. The van der Waals surface area contributed by atoms with Crippen LogP contribution < -0.4 is 10.6 Å². The van der Waals surface area contributed by atoms with Crippen LogP contribution in [0, 0.1) is 10.8 Å². The zero-order valence-electron chi connectivity index (χ0n) is 31.6. The van der Waals surface area contributed by atoms with Crippen LogP contribution in [0.3, 0.4) is 0 Å². The highest BCUT2D eigenvalue weighted by atomic mass is 16.2. The fourth-order valence-electron chi connectivity index (χ4n) is 7.74. The molecule has 0 saturated carbocycles. The molecule has 8 nitrogen and oxygen atoms in total. The predicted molar refractivity (Wildman–Crippen MR) is 213 cm³/mol. The van der Waals surface area contributed by atoms with Crippen LogP contribution in [0.4, 0.5) is 11.4 Å². The number of amides is 2. The summed E-state index contributed by atoms with van der Waals surface area (Å²) in [5.41, 5.74) is 1.22. The van der Waals surface area contributed by atoms with Crippen molar-refractivity contribution in [1.82, 2.24) is 0 Å². The van der Waals surface area contributed by atoms with Crippen molar-refractivity contribution in [2.45, 2.75) is 60.3 Å². The number of rotatable bonds is 10. The molecule has 2 aliphatic rings. The second kappa shape index (κ2) is 14.2. The highest BCUT2D eigenvalue weighted by molar-refractivity contribution is 6.35. The average molecular weight is 731 g/mol. The number of carbonyl (C=O) groups is 6. The zero-order valence-corrected chi connectivity index (χ0v) is 31.6. The number of carbonyl (C=O) groups excluding carboxylic acids is 6. The van der Waals surface area contributed by atoms with E-state index in [1.807, 2.05) is 13.8 Å². The van der Waals surface area contributed by atoms with Gasteiger partial charge < -0.3 is 10.6 Å². The normalized spacial score (nSPS) is 13.4. The Morgan fingerprint density at radius 2 is 0.891 bits per heavy atom. The Morgan fingerprint density at radius 1 is 0.473 bits per heavy atom. The summed E-state index contributed by atoms with van der Waals surface area (Å²) in [7, 11) is 0. The summed E-state index contributed by atoms with van der Waals surface area (Å²) in [5.74, 6) is -2.60. The Bertz CT molecular complexity index is 2460. The number of benzene rings is 5. The van der Waals surface area contributed by atoms with Crippen molar-refractivity contribution in [2.24, 2.45) is 10.8 Å². The van der Waals surface area contributed by atoms with Gasteiger partial charge in [-0.2, -0.15) is 0 Å². The van der Waals surface area contributed by atoms with Crippen LogP contribution in [0.1, 0.15) is 134 Å². The van der Waals surface area contributed by atoms with E-state index in [9.17, 15) is 28.8 Å². The van der Waals surface area contributed by atoms with E-state index < -0.39 is 34.5 Å². The van der Waals surface area contributed by atoms with E-state index in [2.05, 4.69) is 31.4 Å². The second-order valence-electron chi connectivity index (χ2n) is 15.8. The highest BCUT2D eigenvalue weighted by Crippen LogP contribution is 2.44. The molecule has 0 radical (unpaired) electrons. The van der Waals surface area contributed by atoms with Gasteiger partial charge in [-0.3, -0.25) is 28.8 Å². The largest absolute Gasteiger partial charge is 0.325 e. The number of hydrogen-bond acceptors (Lipinski definition) is 6. The molecule has 0 saturated heterocycles.